The fourth-order valence-corrected chi connectivity index (χ4v) is 2.49. The summed E-state index contributed by atoms with van der Waals surface area (Å²) < 4.78 is 5.14. The van der Waals surface area contributed by atoms with E-state index in [1.54, 1.807) is 25.6 Å². The lowest BCUT2D eigenvalue weighted by Gasteiger charge is -2.05. The van der Waals surface area contributed by atoms with E-state index in [1.165, 1.54) is 5.56 Å². The number of aryl methyl sites for hydroxylation is 1. The SMILES string of the molecule is COc1ccc(CCCNC(=O)c2cc(-c3ccncc3)n[nH]2)cc1. The fourth-order valence-electron chi connectivity index (χ4n) is 2.49. The van der Waals surface area contributed by atoms with Gasteiger partial charge in [-0.25, -0.2) is 0 Å². The van der Waals surface area contributed by atoms with Crippen molar-refractivity contribution in [2.24, 2.45) is 0 Å². The molecule has 2 aromatic heterocycles. The molecule has 0 fully saturated rings. The van der Waals surface area contributed by atoms with Crippen molar-refractivity contribution in [2.45, 2.75) is 12.8 Å². The second-order valence-electron chi connectivity index (χ2n) is 5.61. The molecule has 0 spiro atoms. The van der Waals surface area contributed by atoms with Gasteiger partial charge in [0.15, 0.2) is 0 Å². The van der Waals surface area contributed by atoms with E-state index in [0.717, 1.165) is 29.8 Å². The fraction of sp³-hybridized carbons (Fsp3) is 0.211. The molecule has 1 amide bonds. The number of benzene rings is 1. The zero-order valence-electron chi connectivity index (χ0n) is 14.0. The van der Waals surface area contributed by atoms with Gasteiger partial charge in [-0.15, -0.1) is 0 Å². The third-order valence-electron chi connectivity index (χ3n) is 3.89. The smallest absolute Gasteiger partial charge is 0.269 e. The number of pyridine rings is 1. The Balaban J connectivity index is 1.47. The molecule has 6 nitrogen and oxygen atoms in total. The van der Waals surface area contributed by atoms with Crippen LogP contribution in [0.25, 0.3) is 11.3 Å². The molecule has 0 aliphatic rings. The molecule has 3 aromatic rings. The average Bonchev–Trinajstić information content (AvgIpc) is 3.16. The first kappa shape index (κ1) is 16.7. The molecular weight excluding hydrogens is 316 g/mol. The summed E-state index contributed by atoms with van der Waals surface area (Å²) in [5.74, 6) is 0.698. The van der Waals surface area contributed by atoms with Gasteiger partial charge in [-0.1, -0.05) is 12.1 Å². The molecule has 0 unspecified atom stereocenters. The van der Waals surface area contributed by atoms with Gasteiger partial charge in [-0.3, -0.25) is 14.9 Å². The Bertz CT molecular complexity index is 813. The first-order valence-corrected chi connectivity index (χ1v) is 8.13. The Kier molecular flexibility index (Phi) is 5.41. The van der Waals surface area contributed by atoms with E-state index >= 15 is 0 Å². The number of aromatic amines is 1. The van der Waals surface area contributed by atoms with Crippen molar-refractivity contribution < 1.29 is 9.53 Å². The summed E-state index contributed by atoms with van der Waals surface area (Å²) in [7, 11) is 1.65. The number of carbonyl (C=O) groups excluding carboxylic acids is 1. The number of amides is 1. The molecule has 6 heteroatoms. The Labute approximate surface area is 146 Å². The molecule has 25 heavy (non-hydrogen) atoms. The van der Waals surface area contributed by atoms with Gasteiger partial charge in [0.2, 0.25) is 0 Å². The van der Waals surface area contributed by atoms with E-state index in [-0.39, 0.29) is 5.91 Å². The number of rotatable bonds is 7. The molecule has 128 valence electrons. The van der Waals surface area contributed by atoms with Crippen LogP contribution in [0.2, 0.25) is 0 Å². The third-order valence-corrected chi connectivity index (χ3v) is 3.89. The summed E-state index contributed by atoms with van der Waals surface area (Å²) in [6.07, 6.45) is 5.16. The van der Waals surface area contributed by atoms with Gasteiger partial charge in [0.05, 0.1) is 12.8 Å². The van der Waals surface area contributed by atoms with Crippen LogP contribution in [0.4, 0.5) is 0 Å². The highest BCUT2D eigenvalue weighted by Crippen LogP contribution is 2.16. The average molecular weight is 336 g/mol. The number of aromatic nitrogens is 3. The summed E-state index contributed by atoms with van der Waals surface area (Å²) in [6, 6.07) is 13.4. The monoisotopic (exact) mass is 336 g/mol. The number of hydrogen-bond donors (Lipinski definition) is 2. The van der Waals surface area contributed by atoms with Crippen LogP contribution in [0.3, 0.4) is 0 Å². The maximum Gasteiger partial charge on any atom is 0.269 e. The minimum absolute atomic E-state index is 0.150. The second-order valence-corrected chi connectivity index (χ2v) is 5.61. The number of carbonyl (C=O) groups is 1. The zero-order chi connectivity index (χ0) is 17.5. The largest absolute Gasteiger partial charge is 0.497 e. The molecule has 0 radical (unpaired) electrons. The molecule has 0 bridgehead atoms. The third kappa shape index (κ3) is 4.44. The van der Waals surface area contributed by atoms with Crippen LogP contribution in [0, 0.1) is 0 Å². The van der Waals surface area contributed by atoms with Crippen LogP contribution in [0.15, 0.2) is 54.9 Å². The van der Waals surface area contributed by atoms with Gasteiger partial charge in [-0.2, -0.15) is 5.10 Å². The van der Waals surface area contributed by atoms with Crippen molar-refractivity contribution in [3.8, 4) is 17.0 Å². The molecule has 1 aromatic carbocycles. The normalized spacial score (nSPS) is 10.4. The van der Waals surface area contributed by atoms with Crippen molar-refractivity contribution in [2.75, 3.05) is 13.7 Å². The maximum atomic E-state index is 12.2. The first-order valence-electron chi connectivity index (χ1n) is 8.13. The Morgan fingerprint density at radius 2 is 1.92 bits per heavy atom. The van der Waals surface area contributed by atoms with Gasteiger partial charge in [0.25, 0.3) is 5.91 Å². The van der Waals surface area contributed by atoms with Crippen molar-refractivity contribution in [1.82, 2.24) is 20.5 Å². The van der Waals surface area contributed by atoms with Crippen LogP contribution >= 0.6 is 0 Å². The molecule has 0 atom stereocenters. The highest BCUT2D eigenvalue weighted by molar-refractivity contribution is 5.93. The van der Waals surface area contributed by atoms with E-state index in [1.807, 2.05) is 36.4 Å². The number of nitrogens with zero attached hydrogens (tertiary/aromatic N) is 2. The Hall–Kier alpha value is -3.15. The van der Waals surface area contributed by atoms with E-state index in [9.17, 15) is 4.79 Å². The van der Waals surface area contributed by atoms with Crippen LogP contribution in [-0.4, -0.2) is 34.7 Å². The number of nitrogens with one attached hydrogen (secondary N) is 2. The minimum atomic E-state index is -0.150. The number of hydrogen-bond acceptors (Lipinski definition) is 4. The van der Waals surface area contributed by atoms with E-state index in [2.05, 4.69) is 20.5 Å². The van der Waals surface area contributed by atoms with Crippen LogP contribution in [0.5, 0.6) is 5.75 Å². The van der Waals surface area contributed by atoms with E-state index in [4.69, 9.17) is 4.74 Å². The quantitative estimate of drug-likeness (QED) is 0.650. The Morgan fingerprint density at radius 3 is 2.64 bits per heavy atom. The molecule has 2 heterocycles. The summed E-state index contributed by atoms with van der Waals surface area (Å²) in [4.78, 5) is 16.1. The lowest BCUT2D eigenvalue weighted by Crippen LogP contribution is -2.25. The van der Waals surface area contributed by atoms with Crippen LogP contribution in [0.1, 0.15) is 22.5 Å². The molecule has 0 saturated heterocycles. The van der Waals surface area contributed by atoms with E-state index in [0.29, 0.717) is 12.2 Å². The van der Waals surface area contributed by atoms with Crippen molar-refractivity contribution >= 4 is 5.91 Å². The van der Waals surface area contributed by atoms with Gasteiger partial charge in [0.1, 0.15) is 11.4 Å². The lowest BCUT2D eigenvalue weighted by atomic mass is 10.1. The van der Waals surface area contributed by atoms with Crippen LogP contribution in [-0.2, 0) is 6.42 Å². The molecule has 3 rings (SSSR count). The van der Waals surface area contributed by atoms with Gasteiger partial charge in [-0.05, 0) is 48.7 Å². The predicted octanol–water partition coefficient (Wildman–Crippen LogP) is 2.84. The van der Waals surface area contributed by atoms with Crippen molar-refractivity contribution in [1.29, 1.82) is 0 Å². The highest BCUT2D eigenvalue weighted by Gasteiger charge is 2.10. The Morgan fingerprint density at radius 1 is 1.16 bits per heavy atom. The summed E-state index contributed by atoms with van der Waals surface area (Å²) in [5, 5.41) is 9.86. The molecule has 0 saturated carbocycles. The van der Waals surface area contributed by atoms with Gasteiger partial charge >= 0.3 is 0 Å². The summed E-state index contributed by atoms with van der Waals surface area (Å²) in [6.45, 7) is 0.606. The molecule has 2 N–H and O–H groups in total. The van der Waals surface area contributed by atoms with Crippen LogP contribution < -0.4 is 10.1 Å². The molecule has 0 aliphatic heterocycles. The van der Waals surface area contributed by atoms with Gasteiger partial charge < -0.3 is 10.1 Å². The lowest BCUT2D eigenvalue weighted by molar-refractivity contribution is 0.0948. The summed E-state index contributed by atoms with van der Waals surface area (Å²) in [5.41, 5.74) is 3.32. The second kappa shape index (κ2) is 8.10. The molecule has 0 aliphatic carbocycles. The zero-order valence-corrected chi connectivity index (χ0v) is 14.0. The minimum Gasteiger partial charge on any atom is -0.497 e. The standard InChI is InChI=1S/C19H20N4O2/c1-25-16-6-4-14(5-7-16)3-2-10-21-19(24)18-13-17(22-23-18)15-8-11-20-12-9-15/h4-9,11-13H,2-3,10H2,1H3,(H,21,24)(H,22,23). The topological polar surface area (TPSA) is 79.9 Å². The highest BCUT2D eigenvalue weighted by atomic mass is 16.5. The van der Waals surface area contributed by atoms with Crippen molar-refractivity contribution in [3.63, 3.8) is 0 Å². The van der Waals surface area contributed by atoms with Crippen molar-refractivity contribution in [3.05, 3.63) is 66.1 Å². The predicted molar refractivity (Wildman–Crippen MR) is 95.5 cm³/mol. The van der Waals surface area contributed by atoms with E-state index < -0.39 is 0 Å². The number of ether oxygens (including phenoxy) is 1. The molecular formula is C19H20N4O2. The maximum absolute atomic E-state index is 12.2. The number of H-pyrrole nitrogens is 1. The van der Waals surface area contributed by atoms with Gasteiger partial charge in [0, 0.05) is 24.5 Å². The number of methoxy groups -OCH3 is 1. The first-order chi connectivity index (χ1) is 12.3. The summed E-state index contributed by atoms with van der Waals surface area (Å²) >= 11 is 0.